The van der Waals surface area contributed by atoms with Gasteiger partial charge in [-0.1, -0.05) is 0 Å². The second-order valence-corrected chi connectivity index (χ2v) is 7.74. The average Bonchev–Trinajstić information content (AvgIpc) is 3.41. The van der Waals surface area contributed by atoms with Crippen molar-refractivity contribution in [2.24, 2.45) is 0 Å². The first-order valence-electron chi connectivity index (χ1n) is 9.16. The minimum Gasteiger partial charge on any atom is -0.377 e. The number of rotatable bonds is 3. The number of aryl methyl sites for hydroxylation is 2. The molecule has 1 saturated heterocycles. The van der Waals surface area contributed by atoms with E-state index in [1.54, 1.807) is 6.33 Å². The van der Waals surface area contributed by atoms with Crippen LogP contribution in [0.5, 0.6) is 0 Å². The zero-order valence-electron chi connectivity index (χ0n) is 15.9. The number of hydrogen-bond donors (Lipinski definition) is 1. The van der Waals surface area contributed by atoms with Gasteiger partial charge in [0.1, 0.15) is 33.9 Å². The van der Waals surface area contributed by atoms with Gasteiger partial charge in [0, 0.05) is 12.6 Å². The minimum atomic E-state index is 0.243. The molecule has 5 heterocycles. The maximum atomic E-state index is 5.60. The summed E-state index contributed by atoms with van der Waals surface area (Å²) in [5.41, 5.74) is 4.37. The van der Waals surface area contributed by atoms with E-state index >= 15 is 0 Å². The predicted octanol–water partition coefficient (Wildman–Crippen LogP) is 2.50. The van der Waals surface area contributed by atoms with Crippen LogP contribution in [0.25, 0.3) is 27.3 Å². The molecule has 9 nitrogen and oxygen atoms in total. The highest BCUT2D eigenvalue weighted by molar-refractivity contribution is 7.14. The van der Waals surface area contributed by atoms with Crippen molar-refractivity contribution < 1.29 is 4.74 Å². The van der Waals surface area contributed by atoms with Crippen LogP contribution in [0.15, 0.2) is 18.5 Å². The SMILES string of the molecule is Cc1cc(-c2nsc3c(-n4ncnc4C)cc(N4CCOC[C@H]4C)nc23)[nH]n1. The molecule has 28 heavy (non-hydrogen) atoms. The molecule has 0 saturated carbocycles. The van der Waals surface area contributed by atoms with Gasteiger partial charge in [0.15, 0.2) is 0 Å². The number of aromatic nitrogens is 7. The van der Waals surface area contributed by atoms with Crippen molar-refractivity contribution in [3.63, 3.8) is 0 Å². The van der Waals surface area contributed by atoms with Crippen molar-refractivity contribution in [2.45, 2.75) is 26.8 Å². The predicted molar refractivity (Wildman–Crippen MR) is 107 cm³/mol. The fourth-order valence-corrected chi connectivity index (χ4v) is 4.35. The summed E-state index contributed by atoms with van der Waals surface area (Å²) in [4.78, 5) is 11.6. The second kappa shape index (κ2) is 6.64. The van der Waals surface area contributed by atoms with E-state index in [9.17, 15) is 0 Å². The van der Waals surface area contributed by atoms with Crippen LogP contribution in [0.1, 0.15) is 18.4 Å². The van der Waals surface area contributed by atoms with Crippen molar-refractivity contribution >= 4 is 27.6 Å². The molecular formula is C18H20N8OS. The van der Waals surface area contributed by atoms with E-state index < -0.39 is 0 Å². The number of nitrogens with one attached hydrogen (secondary N) is 1. The fourth-order valence-electron chi connectivity index (χ4n) is 3.52. The first-order chi connectivity index (χ1) is 13.6. The molecule has 1 N–H and O–H groups in total. The number of pyridine rings is 1. The number of H-pyrrole nitrogens is 1. The molecule has 4 aromatic rings. The van der Waals surface area contributed by atoms with Crippen LogP contribution in [0.3, 0.4) is 0 Å². The van der Waals surface area contributed by atoms with E-state index in [1.807, 2.05) is 24.6 Å². The molecular weight excluding hydrogens is 376 g/mol. The molecule has 144 valence electrons. The van der Waals surface area contributed by atoms with Gasteiger partial charge in [0.05, 0.1) is 36.3 Å². The number of aromatic amines is 1. The molecule has 1 fully saturated rings. The summed E-state index contributed by atoms with van der Waals surface area (Å²) in [5.74, 6) is 1.71. The number of fused-ring (bicyclic) bond motifs is 1. The van der Waals surface area contributed by atoms with E-state index in [4.69, 9.17) is 9.72 Å². The summed E-state index contributed by atoms with van der Waals surface area (Å²) < 4.78 is 13.1. The molecule has 0 bridgehead atoms. The zero-order valence-corrected chi connectivity index (χ0v) is 16.7. The number of morpholine rings is 1. The Morgan fingerprint density at radius 2 is 2.18 bits per heavy atom. The lowest BCUT2D eigenvalue weighted by atomic mass is 10.2. The molecule has 1 aliphatic heterocycles. The third-order valence-electron chi connectivity index (χ3n) is 4.96. The Bertz CT molecular complexity index is 1150. The van der Waals surface area contributed by atoms with Gasteiger partial charge in [-0.3, -0.25) is 5.10 Å². The molecule has 10 heteroatoms. The third kappa shape index (κ3) is 2.76. The lowest BCUT2D eigenvalue weighted by Crippen LogP contribution is -2.44. The molecule has 0 aromatic carbocycles. The topological polar surface area (TPSA) is 97.6 Å². The number of hydrogen-bond acceptors (Lipinski definition) is 8. The molecule has 1 atom stereocenters. The van der Waals surface area contributed by atoms with E-state index in [0.717, 1.165) is 51.2 Å². The van der Waals surface area contributed by atoms with Gasteiger partial charge in [-0.15, -0.1) is 0 Å². The average molecular weight is 396 g/mol. The minimum absolute atomic E-state index is 0.243. The molecule has 0 spiro atoms. The van der Waals surface area contributed by atoms with Gasteiger partial charge in [-0.2, -0.15) is 14.6 Å². The zero-order chi connectivity index (χ0) is 19.3. The van der Waals surface area contributed by atoms with Gasteiger partial charge in [0.25, 0.3) is 0 Å². The largest absolute Gasteiger partial charge is 0.377 e. The van der Waals surface area contributed by atoms with Crippen LogP contribution >= 0.6 is 11.5 Å². The monoisotopic (exact) mass is 396 g/mol. The molecule has 0 aliphatic carbocycles. The highest BCUT2D eigenvalue weighted by Gasteiger charge is 2.25. The Morgan fingerprint density at radius 3 is 2.89 bits per heavy atom. The summed E-state index contributed by atoms with van der Waals surface area (Å²) in [6, 6.07) is 4.31. The molecule has 5 rings (SSSR count). The second-order valence-electron chi connectivity index (χ2n) is 6.97. The summed E-state index contributed by atoms with van der Waals surface area (Å²) >= 11 is 1.42. The van der Waals surface area contributed by atoms with Gasteiger partial charge in [-0.25, -0.2) is 14.6 Å². The van der Waals surface area contributed by atoms with Crippen LogP contribution in [-0.4, -0.2) is 60.1 Å². The quantitative estimate of drug-likeness (QED) is 0.568. The summed E-state index contributed by atoms with van der Waals surface area (Å²) in [6.45, 7) is 8.22. The van der Waals surface area contributed by atoms with Crippen molar-refractivity contribution in [3.05, 3.63) is 30.0 Å². The summed E-state index contributed by atoms with van der Waals surface area (Å²) in [6.07, 6.45) is 1.57. The molecule has 0 unspecified atom stereocenters. The smallest absolute Gasteiger partial charge is 0.138 e. The Morgan fingerprint density at radius 1 is 1.29 bits per heavy atom. The van der Waals surface area contributed by atoms with Crippen LogP contribution in [0, 0.1) is 13.8 Å². The number of ether oxygens (including phenoxy) is 1. The van der Waals surface area contributed by atoms with Gasteiger partial charge in [-0.05, 0) is 38.4 Å². The molecule has 1 aliphatic rings. The van der Waals surface area contributed by atoms with Crippen LogP contribution in [0.4, 0.5) is 5.82 Å². The van der Waals surface area contributed by atoms with Crippen LogP contribution < -0.4 is 4.90 Å². The van der Waals surface area contributed by atoms with Crippen molar-refractivity contribution in [1.29, 1.82) is 0 Å². The molecule has 0 radical (unpaired) electrons. The van der Waals surface area contributed by atoms with E-state index in [0.29, 0.717) is 13.2 Å². The van der Waals surface area contributed by atoms with Gasteiger partial charge >= 0.3 is 0 Å². The normalized spacial score (nSPS) is 17.5. The van der Waals surface area contributed by atoms with E-state index in [2.05, 4.69) is 42.5 Å². The molecule has 4 aromatic heterocycles. The third-order valence-corrected chi connectivity index (χ3v) is 5.82. The summed E-state index contributed by atoms with van der Waals surface area (Å²) in [7, 11) is 0. The maximum absolute atomic E-state index is 5.60. The van der Waals surface area contributed by atoms with Gasteiger partial charge < -0.3 is 9.64 Å². The first-order valence-corrected chi connectivity index (χ1v) is 9.93. The lowest BCUT2D eigenvalue weighted by molar-refractivity contribution is 0.0986. The van der Waals surface area contributed by atoms with Crippen molar-refractivity contribution in [3.8, 4) is 17.1 Å². The Hall–Kier alpha value is -2.85. The van der Waals surface area contributed by atoms with E-state index in [-0.39, 0.29) is 6.04 Å². The Balaban J connectivity index is 1.75. The highest BCUT2D eigenvalue weighted by atomic mass is 32.1. The maximum Gasteiger partial charge on any atom is 0.138 e. The van der Waals surface area contributed by atoms with Crippen molar-refractivity contribution in [1.82, 2.24) is 34.3 Å². The van der Waals surface area contributed by atoms with Crippen LogP contribution in [-0.2, 0) is 4.74 Å². The van der Waals surface area contributed by atoms with E-state index in [1.165, 1.54) is 11.5 Å². The summed E-state index contributed by atoms with van der Waals surface area (Å²) in [5, 5.41) is 11.7. The first kappa shape index (κ1) is 17.3. The highest BCUT2D eigenvalue weighted by Crippen LogP contribution is 2.35. The number of anilines is 1. The molecule has 0 amide bonds. The Kier molecular flexibility index (Phi) is 4.09. The lowest BCUT2D eigenvalue weighted by Gasteiger charge is -2.34. The van der Waals surface area contributed by atoms with Gasteiger partial charge in [0.2, 0.25) is 0 Å². The fraction of sp³-hybridized carbons (Fsp3) is 0.389. The Labute approximate surface area is 165 Å². The van der Waals surface area contributed by atoms with Crippen molar-refractivity contribution in [2.75, 3.05) is 24.7 Å². The standard InChI is InChI=1S/C18H20N8OS/c1-10-6-13(23-22-10)16-17-18(28-24-16)14(26-12(3)19-9-20-26)7-15(21-17)25-4-5-27-8-11(25)2/h6-7,9,11H,4-5,8H2,1-3H3,(H,22,23)/t11-/m1/s1. The van der Waals surface area contributed by atoms with Crippen LogP contribution in [0.2, 0.25) is 0 Å². The number of nitrogens with zero attached hydrogens (tertiary/aromatic N) is 7.